The fourth-order valence-electron chi connectivity index (χ4n) is 7.96. The highest BCUT2D eigenvalue weighted by Gasteiger charge is 2.60. The molecule has 1 aromatic carbocycles. The van der Waals surface area contributed by atoms with Gasteiger partial charge in [-0.25, -0.2) is 4.79 Å². The molecular weight excluding hydrogens is 440 g/mol. The largest absolute Gasteiger partial charge is 0.494 e. The van der Waals surface area contributed by atoms with E-state index < -0.39 is 0 Å². The van der Waals surface area contributed by atoms with Crippen LogP contribution in [0, 0.1) is 28.6 Å². The van der Waals surface area contributed by atoms with E-state index in [1.54, 1.807) is 12.1 Å². The number of rotatable bonds is 6. The molecule has 4 aliphatic rings. The Kier molecular flexibility index (Phi) is 7.02. The number of esters is 1. The SMILES string of the molecule is C=C1CCC2[C@]3(C)CO[C@@H](C4CCCC4)O[C@@H]3CC[C@@]2(C)[C@@H]1CCOc1ccc(C(=O)OC)cc1. The van der Waals surface area contributed by atoms with Gasteiger partial charge in [-0.05, 0) is 86.5 Å². The molecule has 0 spiro atoms. The van der Waals surface area contributed by atoms with Crippen molar-refractivity contribution in [3.05, 3.63) is 42.0 Å². The summed E-state index contributed by atoms with van der Waals surface area (Å²) in [5.41, 5.74) is 2.15. The van der Waals surface area contributed by atoms with Crippen LogP contribution in [-0.4, -0.2) is 38.7 Å². The number of fused-ring (bicyclic) bond motifs is 3. The van der Waals surface area contributed by atoms with E-state index in [2.05, 4.69) is 20.4 Å². The lowest BCUT2D eigenvalue weighted by molar-refractivity contribution is -0.316. The topological polar surface area (TPSA) is 54.0 Å². The van der Waals surface area contributed by atoms with Crippen LogP contribution in [0.3, 0.4) is 0 Å². The van der Waals surface area contributed by atoms with E-state index in [1.165, 1.54) is 51.2 Å². The lowest BCUT2D eigenvalue weighted by atomic mass is 9.46. The third kappa shape index (κ3) is 4.55. The average Bonchev–Trinajstić information content (AvgIpc) is 3.40. The predicted octanol–water partition coefficient (Wildman–Crippen LogP) is 6.56. The molecule has 0 amide bonds. The van der Waals surface area contributed by atoms with Gasteiger partial charge in [0.1, 0.15) is 5.75 Å². The van der Waals surface area contributed by atoms with Crippen molar-refractivity contribution in [1.82, 2.24) is 0 Å². The Labute approximate surface area is 210 Å². The Morgan fingerprint density at radius 1 is 1.09 bits per heavy atom. The third-order valence-corrected chi connectivity index (χ3v) is 9.91. The summed E-state index contributed by atoms with van der Waals surface area (Å²) in [6.45, 7) is 10.9. The Hall–Kier alpha value is -1.85. The van der Waals surface area contributed by atoms with Gasteiger partial charge in [0.2, 0.25) is 0 Å². The molecule has 192 valence electrons. The molecule has 5 nitrogen and oxygen atoms in total. The monoisotopic (exact) mass is 482 g/mol. The van der Waals surface area contributed by atoms with E-state index in [9.17, 15) is 4.79 Å². The molecule has 1 saturated heterocycles. The van der Waals surface area contributed by atoms with Crippen LogP contribution in [-0.2, 0) is 14.2 Å². The molecule has 0 aromatic heterocycles. The average molecular weight is 483 g/mol. The number of methoxy groups -OCH3 is 1. The summed E-state index contributed by atoms with van der Waals surface area (Å²) >= 11 is 0. The van der Waals surface area contributed by atoms with E-state index in [4.69, 9.17) is 18.9 Å². The van der Waals surface area contributed by atoms with Crippen LogP contribution >= 0.6 is 0 Å². The van der Waals surface area contributed by atoms with Crippen LogP contribution in [0.4, 0.5) is 0 Å². The van der Waals surface area contributed by atoms with Crippen molar-refractivity contribution in [2.75, 3.05) is 20.3 Å². The molecule has 3 saturated carbocycles. The Morgan fingerprint density at radius 3 is 2.54 bits per heavy atom. The molecule has 1 heterocycles. The van der Waals surface area contributed by atoms with Crippen LogP contribution in [0.15, 0.2) is 36.4 Å². The van der Waals surface area contributed by atoms with Gasteiger partial charge < -0.3 is 18.9 Å². The molecule has 1 aromatic rings. The van der Waals surface area contributed by atoms with Gasteiger partial charge in [0, 0.05) is 11.3 Å². The van der Waals surface area contributed by atoms with Crippen molar-refractivity contribution >= 4 is 5.97 Å². The second kappa shape index (κ2) is 9.89. The molecule has 4 fully saturated rings. The zero-order chi connectivity index (χ0) is 24.6. The fourth-order valence-corrected chi connectivity index (χ4v) is 7.96. The molecule has 1 aliphatic heterocycles. The Bertz CT molecular complexity index is 919. The zero-order valence-corrected chi connectivity index (χ0v) is 21.7. The van der Waals surface area contributed by atoms with Crippen molar-refractivity contribution in [1.29, 1.82) is 0 Å². The van der Waals surface area contributed by atoms with Crippen molar-refractivity contribution < 1.29 is 23.7 Å². The van der Waals surface area contributed by atoms with E-state index in [-0.39, 0.29) is 23.1 Å². The van der Waals surface area contributed by atoms with E-state index in [0.717, 1.165) is 31.6 Å². The zero-order valence-electron chi connectivity index (χ0n) is 21.7. The van der Waals surface area contributed by atoms with Gasteiger partial charge in [0.05, 0.1) is 32.0 Å². The number of hydrogen-bond acceptors (Lipinski definition) is 5. The van der Waals surface area contributed by atoms with Gasteiger partial charge in [0.25, 0.3) is 0 Å². The van der Waals surface area contributed by atoms with Gasteiger partial charge in [-0.3, -0.25) is 0 Å². The summed E-state index contributed by atoms with van der Waals surface area (Å²) in [6, 6.07) is 7.19. The van der Waals surface area contributed by atoms with Crippen LogP contribution in [0.5, 0.6) is 5.75 Å². The quantitative estimate of drug-likeness (QED) is 0.339. The van der Waals surface area contributed by atoms with Gasteiger partial charge in [-0.15, -0.1) is 0 Å². The Morgan fingerprint density at radius 2 is 1.83 bits per heavy atom. The summed E-state index contributed by atoms with van der Waals surface area (Å²) in [6.07, 6.45) is 10.9. The Balaban J connectivity index is 1.24. The molecule has 35 heavy (non-hydrogen) atoms. The van der Waals surface area contributed by atoms with Crippen molar-refractivity contribution in [3.63, 3.8) is 0 Å². The number of carbonyl (C=O) groups excluding carboxylic acids is 1. The highest BCUT2D eigenvalue weighted by molar-refractivity contribution is 5.89. The van der Waals surface area contributed by atoms with Crippen LogP contribution in [0.1, 0.15) is 82.0 Å². The number of carbonyl (C=O) groups is 1. The highest BCUT2D eigenvalue weighted by Crippen LogP contribution is 2.63. The van der Waals surface area contributed by atoms with Crippen molar-refractivity contribution in [2.24, 2.45) is 28.6 Å². The lowest BCUT2D eigenvalue weighted by Gasteiger charge is -2.63. The normalized spacial score (nSPS) is 37.4. The molecule has 6 atom stereocenters. The maximum atomic E-state index is 11.7. The first kappa shape index (κ1) is 24.8. The first-order chi connectivity index (χ1) is 16.8. The predicted molar refractivity (Wildman–Crippen MR) is 135 cm³/mol. The van der Waals surface area contributed by atoms with E-state index in [0.29, 0.717) is 36.0 Å². The number of hydrogen-bond donors (Lipinski definition) is 0. The summed E-state index contributed by atoms with van der Waals surface area (Å²) in [5, 5.41) is 0. The van der Waals surface area contributed by atoms with Gasteiger partial charge in [-0.1, -0.05) is 38.8 Å². The fraction of sp³-hybridized carbons (Fsp3) is 0.700. The molecule has 0 N–H and O–H groups in total. The number of ether oxygens (including phenoxy) is 4. The minimum absolute atomic E-state index is 0.00764. The van der Waals surface area contributed by atoms with Gasteiger partial charge in [0.15, 0.2) is 6.29 Å². The van der Waals surface area contributed by atoms with Gasteiger partial charge in [-0.2, -0.15) is 0 Å². The molecule has 3 aliphatic carbocycles. The number of benzene rings is 1. The first-order valence-corrected chi connectivity index (χ1v) is 13.6. The van der Waals surface area contributed by atoms with Crippen molar-refractivity contribution in [2.45, 2.75) is 84.0 Å². The minimum Gasteiger partial charge on any atom is -0.494 e. The van der Waals surface area contributed by atoms with Crippen LogP contribution < -0.4 is 4.74 Å². The van der Waals surface area contributed by atoms with E-state index in [1.807, 2.05) is 12.1 Å². The molecular formula is C30H42O5. The second-order valence-electron chi connectivity index (χ2n) is 11.9. The first-order valence-electron chi connectivity index (χ1n) is 13.6. The minimum atomic E-state index is -0.330. The molecule has 5 heteroatoms. The lowest BCUT2D eigenvalue weighted by Crippen LogP contribution is -2.62. The summed E-state index contributed by atoms with van der Waals surface area (Å²) < 4.78 is 24.1. The standard InChI is InChI=1S/C30H42O5/c1-20-9-14-25-29(2,24(20)16-18-33-23-12-10-21(11-13-23)27(31)32-4)17-15-26-30(25,3)19-34-28(35-26)22-7-5-6-8-22/h10-13,22,24-26,28H,1,5-9,14-19H2,2-4H3/t24-,25?,26-,28-,29+,30+/m1/s1. The third-order valence-electron chi connectivity index (χ3n) is 9.91. The maximum absolute atomic E-state index is 11.7. The highest BCUT2D eigenvalue weighted by atomic mass is 16.7. The maximum Gasteiger partial charge on any atom is 0.337 e. The van der Waals surface area contributed by atoms with Gasteiger partial charge >= 0.3 is 5.97 Å². The second-order valence-corrected chi connectivity index (χ2v) is 11.9. The summed E-state index contributed by atoms with van der Waals surface area (Å²) in [7, 11) is 1.39. The summed E-state index contributed by atoms with van der Waals surface area (Å²) in [4.78, 5) is 11.7. The molecule has 0 bridgehead atoms. The van der Waals surface area contributed by atoms with Crippen LogP contribution in [0.25, 0.3) is 0 Å². The molecule has 1 unspecified atom stereocenters. The smallest absolute Gasteiger partial charge is 0.337 e. The van der Waals surface area contributed by atoms with Crippen LogP contribution in [0.2, 0.25) is 0 Å². The van der Waals surface area contributed by atoms with Crippen molar-refractivity contribution in [3.8, 4) is 5.75 Å². The summed E-state index contributed by atoms with van der Waals surface area (Å²) in [5.74, 6) is 2.03. The molecule has 0 radical (unpaired) electrons. The molecule has 5 rings (SSSR count). The van der Waals surface area contributed by atoms with E-state index >= 15 is 0 Å². The number of allylic oxidation sites excluding steroid dienone is 1.